The highest BCUT2D eigenvalue weighted by atomic mass is 31.2. The molecule has 0 spiro atoms. The summed E-state index contributed by atoms with van der Waals surface area (Å²) in [6.07, 6.45) is 37.1. The number of carbonyl (C=O) groups is 7. The van der Waals surface area contributed by atoms with Gasteiger partial charge < -0.3 is 50.0 Å². The van der Waals surface area contributed by atoms with E-state index in [-0.39, 0.29) is 89.6 Å². The number of carbonyl (C=O) groups excluding carboxylic acids is 7. The molecule has 0 aromatic rings. The zero-order valence-corrected chi connectivity index (χ0v) is 68.5. The molecule has 0 aliphatic rings. The zero-order chi connectivity index (χ0) is 79.5. The molecule has 108 heavy (non-hydrogen) atoms. The fourth-order valence-corrected chi connectivity index (χ4v) is 12.5. The number of hydrogen-bond donors (Lipinski definition) is 6. The molecule has 25 heteroatoms. The number of unbranched alkanes of at least 4 members (excludes halogenated alkanes) is 32. The van der Waals surface area contributed by atoms with Crippen molar-refractivity contribution in [3.05, 3.63) is 0 Å². The first-order valence-corrected chi connectivity index (χ1v) is 43.6. The number of esters is 2. The Bertz CT molecular complexity index is 2740. The van der Waals surface area contributed by atoms with Gasteiger partial charge in [-0.05, 0) is 98.7 Å². The van der Waals surface area contributed by atoms with E-state index in [9.17, 15) is 52.5 Å². The van der Waals surface area contributed by atoms with Gasteiger partial charge in [-0.15, -0.1) is 0 Å². The Morgan fingerprint density at radius 3 is 0.944 bits per heavy atom. The molecule has 0 aliphatic heterocycles. The number of rotatable bonds is 72. The highest BCUT2D eigenvalue weighted by Crippen LogP contribution is 2.44. The van der Waals surface area contributed by atoms with Crippen molar-refractivity contribution in [2.24, 2.45) is 0 Å². The molecular weight excluding hydrogens is 1420 g/mol. The van der Waals surface area contributed by atoms with Crippen molar-refractivity contribution in [3.63, 3.8) is 0 Å². The number of amides is 4. The smallest absolute Gasteiger partial charge is 0.449 e. The first-order chi connectivity index (χ1) is 52.3. The number of Topliss-reactive ketones (excluding diaryl/α,β-unsaturated/α-hetero) is 2. The first kappa shape index (κ1) is 102. The second kappa shape index (κ2) is 73.8. The third-order valence-corrected chi connectivity index (χ3v) is 19.0. The number of urea groups is 1. The minimum Gasteiger partial charge on any atom is -0.449 e. The van der Waals surface area contributed by atoms with E-state index in [1.54, 1.807) is 13.8 Å². The molecule has 6 N–H and O–H groups in total. The zero-order valence-electron chi connectivity index (χ0n) is 66.7. The standard InChI is InChI=1S/C83H136N4O19P2/c1-7-13-19-25-29-33-37-43-47-53-75(88)67-79(90)86-73(69-99-63-59-77(55-49-41-23-17-11-5)105-81(92)57-51-45-39-35-31-27-21-15-9-3)71-103-107(95,96)101-65-61-84-83(94)85-62-66-102-108(97,98)104-72-74(87-80(91)68-76(89)54-48-44-38-34-30-26-20-14-8-2)70-100-64-60-78(56-50-42-24-18-12-6)106-82(93)58-52-46-40-36-32-28-22-16-10-4/h73-74,77-78H,7-10,13-16,19-22,25-40,43-48,51-54,57-72H2,1-6H3,(H,86,90)(H,87,91)(H,95,96)(H,97,98)(H2,84,85,94)/t73-,74-,77-,78-/m1/s1. The van der Waals surface area contributed by atoms with E-state index in [0.717, 1.165) is 89.9 Å². The van der Waals surface area contributed by atoms with E-state index in [1.807, 2.05) is 0 Å². The number of phosphoric acid groups is 2. The molecule has 23 nitrogen and oxygen atoms in total. The van der Waals surface area contributed by atoms with Crippen molar-refractivity contribution in [2.75, 3.05) is 65.9 Å². The molecule has 0 aliphatic carbocycles. The second-order valence-electron chi connectivity index (χ2n) is 27.1. The van der Waals surface area contributed by atoms with Gasteiger partial charge in [0.2, 0.25) is 11.8 Å². The molecule has 6 atom stereocenters. The summed E-state index contributed by atoms with van der Waals surface area (Å²) in [5.74, 6) is 29.3. The van der Waals surface area contributed by atoms with Crippen LogP contribution >= 0.6 is 15.6 Å². The van der Waals surface area contributed by atoms with Crippen LogP contribution in [0.5, 0.6) is 0 Å². The molecule has 0 aromatic heterocycles. The maximum atomic E-state index is 13.2. The van der Waals surface area contributed by atoms with Gasteiger partial charge in [-0.2, -0.15) is 0 Å². The summed E-state index contributed by atoms with van der Waals surface area (Å²) in [5, 5.41) is 10.1. The summed E-state index contributed by atoms with van der Waals surface area (Å²) in [6.45, 7) is 8.51. The topological polar surface area (TPSA) is 316 Å². The van der Waals surface area contributed by atoms with Crippen LogP contribution in [-0.2, 0) is 74.9 Å². The normalized spacial score (nSPS) is 12.9. The van der Waals surface area contributed by atoms with Crippen LogP contribution in [0.2, 0.25) is 0 Å². The molecule has 0 rings (SSSR count). The maximum Gasteiger partial charge on any atom is 0.472 e. The Balaban J connectivity index is 5.76. The average Bonchev–Trinajstić information content (AvgIpc) is 0.915. The summed E-state index contributed by atoms with van der Waals surface area (Å²) < 4.78 is 70.1. The first-order valence-electron chi connectivity index (χ1n) is 40.6. The Morgan fingerprint density at radius 1 is 0.352 bits per heavy atom. The van der Waals surface area contributed by atoms with Crippen LogP contribution in [0.1, 0.15) is 324 Å². The van der Waals surface area contributed by atoms with Crippen LogP contribution in [-0.4, -0.2) is 141 Å². The van der Waals surface area contributed by atoms with E-state index < -0.39 is 109 Å². The van der Waals surface area contributed by atoms with Crippen LogP contribution in [0.4, 0.5) is 4.79 Å². The lowest BCUT2D eigenvalue weighted by Crippen LogP contribution is -2.42. The quantitative estimate of drug-likeness (QED) is 0.0108. The predicted octanol–water partition coefficient (Wildman–Crippen LogP) is 15.8. The van der Waals surface area contributed by atoms with Gasteiger partial charge in [0.05, 0.1) is 77.8 Å². The third-order valence-electron chi connectivity index (χ3n) is 17.0. The van der Waals surface area contributed by atoms with Crippen LogP contribution in [0.15, 0.2) is 0 Å². The minimum absolute atomic E-state index is 0.0336. The summed E-state index contributed by atoms with van der Waals surface area (Å²) >= 11 is 0. The predicted molar refractivity (Wildman–Crippen MR) is 424 cm³/mol. The molecule has 612 valence electrons. The van der Waals surface area contributed by atoms with Gasteiger partial charge >= 0.3 is 33.6 Å². The van der Waals surface area contributed by atoms with Gasteiger partial charge in [-0.3, -0.25) is 46.9 Å². The summed E-state index contributed by atoms with van der Waals surface area (Å²) in [6, 6.07) is -2.94. The molecule has 0 saturated heterocycles. The third kappa shape index (κ3) is 70.4. The van der Waals surface area contributed by atoms with Gasteiger partial charge in [0, 0.05) is 51.6 Å². The molecule has 4 amide bonds. The monoisotopic (exact) mass is 1550 g/mol. The molecule has 0 aromatic carbocycles. The number of phosphoric ester groups is 2. The second-order valence-corrected chi connectivity index (χ2v) is 30.0. The van der Waals surface area contributed by atoms with Gasteiger partial charge in [0.25, 0.3) is 0 Å². The maximum absolute atomic E-state index is 13.2. The number of ether oxygens (including phenoxy) is 4. The van der Waals surface area contributed by atoms with Gasteiger partial charge in [-0.25, -0.2) is 13.9 Å². The van der Waals surface area contributed by atoms with Crippen LogP contribution in [0.3, 0.4) is 0 Å². The van der Waals surface area contributed by atoms with Crippen molar-refractivity contribution in [2.45, 2.75) is 348 Å². The lowest BCUT2D eigenvalue weighted by molar-refractivity contribution is -0.148. The molecule has 0 fully saturated rings. The molecule has 0 radical (unpaired) electrons. The van der Waals surface area contributed by atoms with Crippen molar-refractivity contribution >= 4 is 57.0 Å². The van der Waals surface area contributed by atoms with E-state index in [2.05, 4.69) is 120 Å². The van der Waals surface area contributed by atoms with Crippen LogP contribution < -0.4 is 21.3 Å². The number of ketones is 2. The summed E-state index contributed by atoms with van der Waals surface area (Å²) in [4.78, 5) is 112. The number of nitrogens with one attached hydrogen (secondary N) is 4. The lowest BCUT2D eigenvalue weighted by atomic mass is 10.0. The molecule has 0 bridgehead atoms. The highest BCUT2D eigenvalue weighted by molar-refractivity contribution is 7.47. The van der Waals surface area contributed by atoms with Crippen LogP contribution in [0.25, 0.3) is 0 Å². The lowest BCUT2D eigenvalue weighted by Gasteiger charge is -2.21. The average molecular weight is 1560 g/mol. The summed E-state index contributed by atoms with van der Waals surface area (Å²) in [7, 11) is -9.70. The van der Waals surface area contributed by atoms with E-state index in [0.29, 0.717) is 25.7 Å². The SMILES string of the molecule is CC#CC#CC#C[C@H](CCOC[C@H](COP(=O)(O)OCCNC(=O)NCCOP(=O)(O)OC[C@@H](COCC[C@@H](C#CC#CC#CC)OC(=O)CCCCCCCCCCC)NC(=O)CC(=O)CCCCCCCCCCC)NC(=O)CC(=O)CCCCCCCCCCC)OC(=O)CCCCCCCCCCC. The molecule has 2 unspecified atom stereocenters. The highest BCUT2D eigenvalue weighted by Gasteiger charge is 2.28. The van der Waals surface area contributed by atoms with Gasteiger partial charge in [-0.1, -0.05) is 245 Å². The van der Waals surface area contributed by atoms with Gasteiger partial charge in [0.15, 0.2) is 12.2 Å². The molecular formula is C83H136N4O19P2. The van der Waals surface area contributed by atoms with Crippen molar-refractivity contribution < 1.29 is 89.5 Å². The fraction of sp³-hybridized carbons (Fsp3) is 0.771. The Labute approximate surface area is 650 Å². The molecule has 0 heterocycles. The van der Waals surface area contributed by atoms with E-state index >= 15 is 0 Å². The molecule has 0 saturated carbocycles. The largest absolute Gasteiger partial charge is 0.472 e. The number of hydrogen-bond acceptors (Lipinski definition) is 17. The Hall–Kier alpha value is -6.01. The van der Waals surface area contributed by atoms with Crippen molar-refractivity contribution in [3.8, 4) is 71.0 Å². The van der Waals surface area contributed by atoms with Crippen molar-refractivity contribution in [1.29, 1.82) is 0 Å². The minimum atomic E-state index is -4.85. The van der Waals surface area contributed by atoms with E-state index in [1.165, 1.54) is 116 Å². The van der Waals surface area contributed by atoms with E-state index in [4.69, 9.17) is 37.0 Å². The summed E-state index contributed by atoms with van der Waals surface area (Å²) in [5.41, 5.74) is 0. The van der Waals surface area contributed by atoms with Gasteiger partial charge in [0.1, 0.15) is 11.6 Å². The van der Waals surface area contributed by atoms with Crippen molar-refractivity contribution in [1.82, 2.24) is 21.3 Å². The fourth-order valence-electron chi connectivity index (χ4n) is 11.0. The Kier molecular flexibility index (Phi) is 69.7. The Morgan fingerprint density at radius 2 is 0.639 bits per heavy atom. The van der Waals surface area contributed by atoms with Crippen LogP contribution in [0, 0.1) is 71.0 Å².